The molecule has 10 heteroatoms. The van der Waals surface area contributed by atoms with E-state index in [-0.39, 0.29) is 47.1 Å². The van der Waals surface area contributed by atoms with Crippen LogP contribution in [0.3, 0.4) is 0 Å². The van der Waals surface area contributed by atoms with Crippen LogP contribution in [0.2, 0.25) is 0 Å². The maximum Gasteiger partial charge on any atom is 0.319 e. The van der Waals surface area contributed by atoms with E-state index in [0.29, 0.717) is 40.7 Å². The molecule has 0 spiro atoms. The van der Waals surface area contributed by atoms with Crippen molar-refractivity contribution in [2.75, 3.05) is 44.2 Å². The first-order valence-corrected chi connectivity index (χ1v) is 16.0. The van der Waals surface area contributed by atoms with Gasteiger partial charge in [-0.2, -0.15) is 9.97 Å². The van der Waals surface area contributed by atoms with Crippen molar-refractivity contribution in [1.82, 2.24) is 25.2 Å². The molecule has 3 saturated heterocycles. The molecule has 0 unspecified atom stereocenters. The van der Waals surface area contributed by atoms with Gasteiger partial charge in [0.05, 0.1) is 16.6 Å². The fourth-order valence-corrected chi connectivity index (χ4v) is 8.34. The number of aryl methyl sites for hydroxylation is 1. The van der Waals surface area contributed by atoms with Crippen LogP contribution in [0.15, 0.2) is 30.3 Å². The Morgan fingerprint density at radius 1 is 1.09 bits per heavy atom. The molecule has 4 aliphatic heterocycles. The van der Waals surface area contributed by atoms with E-state index in [1.165, 1.54) is 6.07 Å². The number of ether oxygens (including phenoxy) is 1. The van der Waals surface area contributed by atoms with E-state index in [4.69, 9.17) is 19.7 Å². The van der Waals surface area contributed by atoms with Crippen molar-refractivity contribution >= 4 is 27.5 Å². The topological polar surface area (TPSA) is 66.4 Å². The molecule has 0 radical (unpaired) electrons. The monoisotopic (exact) mass is 602 g/mol. The van der Waals surface area contributed by atoms with Crippen LogP contribution in [0.1, 0.15) is 56.2 Å². The molecule has 3 fully saturated rings. The zero-order valence-electron chi connectivity index (χ0n) is 25.2. The first kappa shape index (κ1) is 28.0. The Morgan fingerprint density at radius 3 is 2.84 bits per heavy atom. The normalized spacial score (nSPS) is 26.7. The van der Waals surface area contributed by atoms with Crippen LogP contribution >= 0.6 is 0 Å². The molecule has 4 atom stereocenters. The van der Waals surface area contributed by atoms with Crippen LogP contribution in [-0.4, -0.2) is 76.9 Å². The number of hydrogen-bond acceptors (Lipinski definition) is 7. The lowest BCUT2D eigenvalue weighted by molar-refractivity contribution is 0.107. The minimum atomic E-state index is -0.878. The molecule has 0 saturated carbocycles. The summed E-state index contributed by atoms with van der Waals surface area (Å²) in [7, 11) is 0. The standard InChI is InChI=1S/C34H37F3N6O/c1-3-20-14-23-16-38-11-13-43(23)32-27-29(20)39-30(24-7-4-6-21-8-9-25(36)19(2)26(21)24)28(37)31(27)40-33(41-32)44-18-34-10-5-12-42(34)17-22(35)15-34/h4,6-9,20,22-23,38H,3,5,10-18H2,1-2H3/t20-,22+,23+,34-/m0/s1. The molecule has 6 heterocycles. The second-order valence-electron chi connectivity index (χ2n) is 13.0. The summed E-state index contributed by atoms with van der Waals surface area (Å²) >= 11 is 0. The number of pyridine rings is 1. The van der Waals surface area contributed by atoms with Crippen molar-refractivity contribution in [3.63, 3.8) is 0 Å². The van der Waals surface area contributed by atoms with E-state index in [9.17, 15) is 8.78 Å². The predicted octanol–water partition coefficient (Wildman–Crippen LogP) is 6.06. The number of halogens is 3. The molecule has 230 valence electrons. The van der Waals surface area contributed by atoms with E-state index in [2.05, 4.69) is 22.0 Å². The Balaban J connectivity index is 1.34. The predicted molar refractivity (Wildman–Crippen MR) is 165 cm³/mol. The summed E-state index contributed by atoms with van der Waals surface area (Å²) < 4.78 is 52.7. The van der Waals surface area contributed by atoms with Gasteiger partial charge in [-0.25, -0.2) is 18.2 Å². The second-order valence-corrected chi connectivity index (χ2v) is 13.0. The summed E-state index contributed by atoms with van der Waals surface area (Å²) in [5.41, 5.74) is 1.72. The van der Waals surface area contributed by atoms with Crippen molar-refractivity contribution in [2.24, 2.45) is 0 Å². The Kier molecular flexibility index (Phi) is 6.71. The number of benzene rings is 2. The van der Waals surface area contributed by atoms with Crippen LogP contribution in [0.5, 0.6) is 6.01 Å². The van der Waals surface area contributed by atoms with Gasteiger partial charge in [0.1, 0.15) is 35.6 Å². The summed E-state index contributed by atoms with van der Waals surface area (Å²) in [6, 6.07) is 8.99. The summed E-state index contributed by atoms with van der Waals surface area (Å²) in [5.74, 6) is -0.207. The van der Waals surface area contributed by atoms with Gasteiger partial charge in [0, 0.05) is 50.1 Å². The maximum atomic E-state index is 17.0. The zero-order valence-corrected chi connectivity index (χ0v) is 25.2. The average Bonchev–Trinajstić information content (AvgIpc) is 3.52. The summed E-state index contributed by atoms with van der Waals surface area (Å²) in [4.78, 5) is 19.2. The van der Waals surface area contributed by atoms with E-state index in [1.54, 1.807) is 13.0 Å². The Hall–Kier alpha value is -3.50. The molecule has 1 N–H and O–H groups in total. The number of nitrogens with zero attached hydrogens (tertiary/aromatic N) is 5. The Morgan fingerprint density at radius 2 is 1.98 bits per heavy atom. The fourth-order valence-electron chi connectivity index (χ4n) is 8.34. The van der Waals surface area contributed by atoms with E-state index >= 15 is 4.39 Å². The molecule has 4 aliphatic rings. The van der Waals surface area contributed by atoms with E-state index in [1.807, 2.05) is 18.2 Å². The van der Waals surface area contributed by atoms with Gasteiger partial charge in [0.2, 0.25) is 0 Å². The van der Waals surface area contributed by atoms with Gasteiger partial charge in [-0.05, 0) is 61.6 Å². The van der Waals surface area contributed by atoms with Crippen LogP contribution in [-0.2, 0) is 0 Å². The number of alkyl halides is 1. The van der Waals surface area contributed by atoms with Crippen molar-refractivity contribution in [1.29, 1.82) is 0 Å². The second kappa shape index (κ2) is 10.5. The Bertz CT molecular complexity index is 1780. The van der Waals surface area contributed by atoms with Gasteiger partial charge in [-0.3, -0.25) is 4.90 Å². The van der Waals surface area contributed by atoms with Crippen LogP contribution < -0.4 is 15.0 Å². The minimum Gasteiger partial charge on any atom is -0.461 e. The third-order valence-electron chi connectivity index (χ3n) is 10.6. The number of anilines is 1. The van der Waals surface area contributed by atoms with Gasteiger partial charge < -0.3 is 15.0 Å². The molecule has 0 aliphatic carbocycles. The number of piperazine rings is 1. The lowest BCUT2D eigenvalue weighted by atomic mass is 9.91. The van der Waals surface area contributed by atoms with Crippen LogP contribution in [0.4, 0.5) is 19.0 Å². The highest BCUT2D eigenvalue weighted by molar-refractivity contribution is 6.01. The molecule has 2 aromatic heterocycles. The largest absolute Gasteiger partial charge is 0.461 e. The van der Waals surface area contributed by atoms with Crippen LogP contribution in [0.25, 0.3) is 32.9 Å². The van der Waals surface area contributed by atoms with E-state index in [0.717, 1.165) is 62.9 Å². The first-order chi connectivity index (χ1) is 21.4. The number of aromatic nitrogens is 3. The minimum absolute atomic E-state index is 0.0552. The Labute approximate surface area is 254 Å². The summed E-state index contributed by atoms with van der Waals surface area (Å²) in [6.07, 6.45) is 3.06. The smallest absolute Gasteiger partial charge is 0.319 e. The quantitative estimate of drug-likeness (QED) is 0.298. The van der Waals surface area contributed by atoms with E-state index < -0.39 is 12.0 Å². The lowest BCUT2D eigenvalue weighted by Gasteiger charge is -2.37. The summed E-state index contributed by atoms with van der Waals surface area (Å²) in [6.45, 7) is 7.69. The number of fused-ring (bicyclic) bond motifs is 4. The van der Waals surface area contributed by atoms with Crippen molar-refractivity contribution in [2.45, 2.75) is 69.6 Å². The van der Waals surface area contributed by atoms with Gasteiger partial charge in [-0.15, -0.1) is 0 Å². The van der Waals surface area contributed by atoms with Crippen molar-refractivity contribution in [3.05, 3.63) is 53.2 Å². The molecule has 4 aromatic rings. The average molecular weight is 603 g/mol. The maximum absolute atomic E-state index is 17.0. The number of rotatable bonds is 5. The lowest BCUT2D eigenvalue weighted by Crippen LogP contribution is -2.51. The third-order valence-corrected chi connectivity index (χ3v) is 10.6. The first-order valence-electron chi connectivity index (χ1n) is 16.0. The SMILES string of the molecule is CC[C@H]1C[C@@H]2CNCCN2c2nc(OC[C@@]34CCCN3C[C@H](F)C4)nc3c(F)c(-c4cccc5ccc(F)c(C)c45)nc1c23. The van der Waals surface area contributed by atoms with Crippen molar-refractivity contribution in [3.8, 4) is 17.3 Å². The van der Waals surface area contributed by atoms with Crippen molar-refractivity contribution < 1.29 is 17.9 Å². The van der Waals surface area contributed by atoms with Gasteiger partial charge in [0.25, 0.3) is 0 Å². The molecular formula is C34H37F3N6O. The fraction of sp³-hybridized carbons (Fsp3) is 0.500. The number of hydrogen-bond donors (Lipinski definition) is 1. The molecule has 7 nitrogen and oxygen atoms in total. The molecule has 2 aromatic carbocycles. The van der Waals surface area contributed by atoms with Gasteiger partial charge >= 0.3 is 6.01 Å². The van der Waals surface area contributed by atoms with Crippen LogP contribution in [0, 0.1) is 18.6 Å². The molecule has 0 amide bonds. The zero-order chi connectivity index (χ0) is 30.2. The molecular weight excluding hydrogens is 565 g/mol. The van der Waals surface area contributed by atoms with Gasteiger partial charge in [0.15, 0.2) is 5.82 Å². The molecule has 44 heavy (non-hydrogen) atoms. The highest BCUT2D eigenvalue weighted by atomic mass is 19.1. The molecule has 0 bridgehead atoms. The highest BCUT2D eigenvalue weighted by Crippen LogP contribution is 2.45. The summed E-state index contributed by atoms with van der Waals surface area (Å²) in [5, 5.41) is 5.60. The molecule has 8 rings (SSSR count). The highest BCUT2D eigenvalue weighted by Gasteiger charge is 2.49. The van der Waals surface area contributed by atoms with Gasteiger partial charge in [-0.1, -0.05) is 31.2 Å². The number of nitrogens with one attached hydrogen (secondary N) is 1. The third kappa shape index (κ3) is 4.28.